The number of benzene rings is 2. The van der Waals surface area contributed by atoms with Crippen molar-refractivity contribution in [3.63, 3.8) is 0 Å². The van der Waals surface area contributed by atoms with Crippen LogP contribution < -0.4 is 5.32 Å². The van der Waals surface area contributed by atoms with E-state index in [0.29, 0.717) is 18.7 Å². The third-order valence-electron chi connectivity index (χ3n) is 3.26. The summed E-state index contributed by atoms with van der Waals surface area (Å²) >= 11 is 0. The molecule has 2 aromatic carbocycles. The van der Waals surface area contributed by atoms with E-state index in [-0.39, 0.29) is 5.91 Å². The molecule has 0 radical (unpaired) electrons. The van der Waals surface area contributed by atoms with Gasteiger partial charge in [0.2, 0.25) is 5.91 Å². The van der Waals surface area contributed by atoms with Gasteiger partial charge in [-0.3, -0.25) is 9.69 Å². The summed E-state index contributed by atoms with van der Waals surface area (Å²) in [7, 11) is 1.88. The monoisotopic (exact) mass is 293 g/mol. The second-order valence-electron chi connectivity index (χ2n) is 5.40. The lowest BCUT2D eigenvalue weighted by atomic mass is 10.1. The van der Waals surface area contributed by atoms with Gasteiger partial charge in [0, 0.05) is 12.2 Å². The molecule has 0 atom stereocenters. The summed E-state index contributed by atoms with van der Waals surface area (Å²) < 4.78 is 0. The first-order chi connectivity index (χ1) is 10.6. The number of carbonyl (C=O) groups excluding carboxylic acids is 1. The lowest BCUT2D eigenvalue weighted by Gasteiger charge is -2.16. The molecule has 0 fully saturated rings. The molecule has 1 N–H and O–H groups in total. The van der Waals surface area contributed by atoms with Gasteiger partial charge in [-0.25, -0.2) is 0 Å². The topological polar surface area (TPSA) is 56.1 Å². The number of nitrogens with zero attached hydrogens (tertiary/aromatic N) is 2. The molecule has 4 heteroatoms. The van der Waals surface area contributed by atoms with Crippen molar-refractivity contribution in [2.24, 2.45) is 0 Å². The smallest absolute Gasteiger partial charge is 0.238 e. The molecule has 0 aliphatic carbocycles. The van der Waals surface area contributed by atoms with Crippen LogP contribution in [0.5, 0.6) is 0 Å². The molecule has 0 bridgehead atoms. The fourth-order valence-corrected chi connectivity index (χ4v) is 2.19. The molecule has 0 aromatic heterocycles. The minimum Gasteiger partial charge on any atom is -0.325 e. The molecule has 2 rings (SSSR count). The fourth-order valence-electron chi connectivity index (χ4n) is 2.19. The molecule has 4 nitrogen and oxygen atoms in total. The van der Waals surface area contributed by atoms with Crippen molar-refractivity contribution in [3.05, 3.63) is 65.2 Å². The van der Waals surface area contributed by atoms with Gasteiger partial charge in [0.1, 0.15) is 0 Å². The number of carbonyl (C=O) groups is 1. The Morgan fingerprint density at radius 3 is 2.64 bits per heavy atom. The molecular weight excluding hydrogens is 274 g/mol. The lowest BCUT2D eigenvalue weighted by molar-refractivity contribution is -0.117. The second kappa shape index (κ2) is 7.39. The zero-order chi connectivity index (χ0) is 15.9. The Morgan fingerprint density at radius 1 is 1.23 bits per heavy atom. The molecule has 0 unspecified atom stereocenters. The van der Waals surface area contributed by atoms with Crippen LogP contribution in [0.25, 0.3) is 0 Å². The highest BCUT2D eigenvalue weighted by molar-refractivity contribution is 5.92. The van der Waals surface area contributed by atoms with Crippen molar-refractivity contribution >= 4 is 11.6 Å². The highest BCUT2D eigenvalue weighted by Gasteiger charge is 2.08. The molecule has 0 saturated carbocycles. The number of nitrogens with one attached hydrogen (secondary N) is 1. The summed E-state index contributed by atoms with van der Waals surface area (Å²) in [6.07, 6.45) is 0. The Labute approximate surface area is 131 Å². The average molecular weight is 293 g/mol. The van der Waals surface area contributed by atoms with Crippen LogP contribution in [-0.4, -0.2) is 24.4 Å². The van der Waals surface area contributed by atoms with E-state index in [1.807, 2.05) is 61.3 Å². The average Bonchev–Trinajstić information content (AvgIpc) is 2.49. The van der Waals surface area contributed by atoms with Crippen molar-refractivity contribution < 1.29 is 4.79 Å². The van der Waals surface area contributed by atoms with Crippen molar-refractivity contribution in [2.75, 3.05) is 18.9 Å². The van der Waals surface area contributed by atoms with E-state index >= 15 is 0 Å². The first-order valence-electron chi connectivity index (χ1n) is 7.11. The Hall–Kier alpha value is -2.64. The predicted molar refractivity (Wildman–Crippen MR) is 87.3 cm³/mol. The van der Waals surface area contributed by atoms with Crippen molar-refractivity contribution in [2.45, 2.75) is 13.5 Å². The van der Waals surface area contributed by atoms with E-state index in [0.717, 1.165) is 16.8 Å². The van der Waals surface area contributed by atoms with E-state index in [9.17, 15) is 4.79 Å². The summed E-state index contributed by atoms with van der Waals surface area (Å²) in [5.74, 6) is -0.0530. The van der Waals surface area contributed by atoms with Crippen LogP contribution in [0.1, 0.15) is 16.7 Å². The number of rotatable bonds is 5. The van der Waals surface area contributed by atoms with Crippen molar-refractivity contribution in [3.8, 4) is 6.07 Å². The third kappa shape index (κ3) is 4.72. The van der Waals surface area contributed by atoms with Gasteiger partial charge in [0.05, 0.1) is 18.2 Å². The normalized spacial score (nSPS) is 10.3. The molecule has 22 heavy (non-hydrogen) atoms. The van der Waals surface area contributed by atoms with Crippen molar-refractivity contribution in [1.29, 1.82) is 5.26 Å². The zero-order valence-corrected chi connectivity index (χ0v) is 12.8. The number of hydrogen-bond acceptors (Lipinski definition) is 3. The maximum Gasteiger partial charge on any atom is 0.238 e. The molecule has 1 amide bonds. The molecule has 0 saturated heterocycles. The highest BCUT2D eigenvalue weighted by atomic mass is 16.2. The Morgan fingerprint density at radius 2 is 1.95 bits per heavy atom. The molecule has 0 heterocycles. The SMILES string of the molecule is Cc1ccc(NC(=O)CN(C)Cc2cccc(C#N)c2)cc1. The van der Waals surface area contributed by atoms with E-state index in [2.05, 4.69) is 11.4 Å². The number of nitriles is 1. The summed E-state index contributed by atoms with van der Waals surface area (Å²) in [5, 5.41) is 11.8. The van der Waals surface area contributed by atoms with Crippen LogP contribution in [0.4, 0.5) is 5.69 Å². The Balaban J connectivity index is 1.88. The van der Waals surface area contributed by atoms with Gasteiger partial charge in [0.25, 0.3) is 0 Å². The predicted octanol–water partition coefficient (Wildman–Crippen LogP) is 2.94. The summed E-state index contributed by atoms with van der Waals surface area (Å²) in [5.41, 5.74) is 3.61. The second-order valence-corrected chi connectivity index (χ2v) is 5.40. The van der Waals surface area contributed by atoms with Gasteiger partial charge >= 0.3 is 0 Å². The van der Waals surface area contributed by atoms with E-state index in [1.54, 1.807) is 6.07 Å². The maximum atomic E-state index is 12.0. The molecule has 0 aliphatic rings. The van der Waals surface area contributed by atoms with Crippen LogP contribution in [-0.2, 0) is 11.3 Å². The summed E-state index contributed by atoms with van der Waals surface area (Å²) in [6.45, 7) is 2.93. The van der Waals surface area contributed by atoms with E-state index in [4.69, 9.17) is 5.26 Å². The largest absolute Gasteiger partial charge is 0.325 e. The summed E-state index contributed by atoms with van der Waals surface area (Å²) in [4.78, 5) is 13.9. The molecule has 2 aromatic rings. The van der Waals surface area contributed by atoms with Crippen LogP contribution in [0.2, 0.25) is 0 Å². The quantitative estimate of drug-likeness (QED) is 0.922. The standard InChI is InChI=1S/C18H19N3O/c1-14-6-8-17(9-7-14)20-18(22)13-21(2)12-16-5-3-4-15(10-16)11-19/h3-10H,12-13H2,1-2H3,(H,20,22). The van der Waals surface area contributed by atoms with E-state index in [1.165, 1.54) is 0 Å². The van der Waals surface area contributed by atoms with Crippen LogP contribution in [0.15, 0.2) is 48.5 Å². The maximum absolute atomic E-state index is 12.0. The van der Waals surface area contributed by atoms with Gasteiger partial charge in [-0.1, -0.05) is 29.8 Å². The molecule has 112 valence electrons. The number of anilines is 1. The first kappa shape index (κ1) is 15.7. The van der Waals surface area contributed by atoms with Crippen LogP contribution in [0, 0.1) is 18.3 Å². The number of aryl methyl sites for hydroxylation is 1. The lowest BCUT2D eigenvalue weighted by Crippen LogP contribution is -2.29. The number of likely N-dealkylation sites (N-methyl/N-ethyl adjacent to an activating group) is 1. The first-order valence-corrected chi connectivity index (χ1v) is 7.11. The van der Waals surface area contributed by atoms with E-state index < -0.39 is 0 Å². The molecular formula is C18H19N3O. The third-order valence-corrected chi connectivity index (χ3v) is 3.26. The Bertz CT molecular complexity index is 686. The Kier molecular flexibility index (Phi) is 5.29. The van der Waals surface area contributed by atoms with Gasteiger partial charge in [-0.2, -0.15) is 5.26 Å². The number of amides is 1. The van der Waals surface area contributed by atoms with Gasteiger partial charge < -0.3 is 5.32 Å². The highest BCUT2D eigenvalue weighted by Crippen LogP contribution is 2.09. The van der Waals surface area contributed by atoms with Crippen LogP contribution in [0.3, 0.4) is 0 Å². The molecule has 0 spiro atoms. The van der Waals surface area contributed by atoms with Crippen molar-refractivity contribution in [1.82, 2.24) is 4.90 Å². The molecule has 0 aliphatic heterocycles. The number of hydrogen-bond donors (Lipinski definition) is 1. The van der Waals surface area contributed by atoms with Gasteiger partial charge in [-0.15, -0.1) is 0 Å². The zero-order valence-electron chi connectivity index (χ0n) is 12.8. The van der Waals surface area contributed by atoms with Gasteiger partial charge in [0.15, 0.2) is 0 Å². The summed E-state index contributed by atoms with van der Waals surface area (Å²) in [6, 6.07) is 17.3. The minimum absolute atomic E-state index is 0.0530. The van der Waals surface area contributed by atoms with Crippen LogP contribution >= 0.6 is 0 Å². The minimum atomic E-state index is -0.0530. The van der Waals surface area contributed by atoms with Gasteiger partial charge in [-0.05, 0) is 43.8 Å². The fraction of sp³-hybridized carbons (Fsp3) is 0.222.